The van der Waals surface area contributed by atoms with Crippen molar-refractivity contribution in [3.8, 4) is 0 Å². The Morgan fingerprint density at radius 1 is 1.53 bits per heavy atom. The first kappa shape index (κ1) is 14.1. The molecule has 3 N–H and O–H groups in total. The maximum atomic E-state index is 11.8. The smallest absolute Gasteiger partial charge is 0.241 e. The van der Waals surface area contributed by atoms with Crippen molar-refractivity contribution in [3.63, 3.8) is 0 Å². The number of unbranched alkanes of at least 4 members (excludes halogenated alkanes) is 1. The van der Waals surface area contributed by atoms with Crippen LogP contribution in [0.25, 0.3) is 0 Å². The van der Waals surface area contributed by atoms with Gasteiger partial charge in [0.15, 0.2) is 0 Å². The summed E-state index contributed by atoms with van der Waals surface area (Å²) < 4.78 is 0. The monoisotopic (exact) mass is 252 g/mol. The van der Waals surface area contributed by atoms with E-state index < -0.39 is 6.04 Å². The molecule has 1 unspecified atom stereocenters. The molecule has 0 aliphatic rings. The summed E-state index contributed by atoms with van der Waals surface area (Å²) in [7, 11) is 0. The van der Waals surface area contributed by atoms with Crippen LogP contribution in [0.2, 0.25) is 0 Å². The fraction of sp³-hybridized carbons (Fsp3) is 0.462. The van der Waals surface area contributed by atoms with E-state index in [0.29, 0.717) is 0 Å². The number of amides is 1. The van der Waals surface area contributed by atoms with Crippen molar-refractivity contribution >= 4 is 23.4 Å². The predicted octanol–water partition coefficient (Wildman–Crippen LogP) is 2.86. The highest BCUT2D eigenvalue weighted by atomic mass is 32.2. The number of benzene rings is 1. The van der Waals surface area contributed by atoms with E-state index in [1.807, 2.05) is 30.5 Å². The van der Waals surface area contributed by atoms with Gasteiger partial charge >= 0.3 is 0 Å². The third kappa shape index (κ3) is 4.79. The lowest BCUT2D eigenvalue weighted by Crippen LogP contribution is -2.35. The lowest BCUT2D eigenvalue weighted by atomic mass is 10.1. The van der Waals surface area contributed by atoms with Crippen LogP contribution >= 0.6 is 11.8 Å². The van der Waals surface area contributed by atoms with Crippen molar-refractivity contribution in [2.75, 3.05) is 11.6 Å². The Balaban J connectivity index is 2.54. The van der Waals surface area contributed by atoms with E-state index in [1.54, 1.807) is 11.8 Å². The number of nitrogens with two attached hydrogens (primary N) is 1. The second-order valence-electron chi connectivity index (χ2n) is 3.97. The van der Waals surface area contributed by atoms with Gasteiger partial charge in [0, 0.05) is 10.6 Å². The fourth-order valence-electron chi connectivity index (χ4n) is 1.49. The lowest BCUT2D eigenvalue weighted by molar-refractivity contribution is -0.117. The molecule has 0 aliphatic heterocycles. The van der Waals surface area contributed by atoms with Crippen molar-refractivity contribution in [2.45, 2.75) is 37.1 Å². The molecule has 0 saturated heterocycles. The van der Waals surface area contributed by atoms with Crippen molar-refractivity contribution in [3.05, 3.63) is 24.3 Å². The number of thioether (sulfide) groups is 1. The highest BCUT2D eigenvalue weighted by Crippen LogP contribution is 2.19. The lowest BCUT2D eigenvalue weighted by Gasteiger charge is -2.12. The van der Waals surface area contributed by atoms with Crippen LogP contribution in [0.1, 0.15) is 26.2 Å². The Kier molecular flexibility index (Phi) is 6.08. The molecule has 0 bridgehead atoms. The van der Waals surface area contributed by atoms with Crippen LogP contribution in [0.3, 0.4) is 0 Å². The second kappa shape index (κ2) is 7.35. The third-order valence-electron chi connectivity index (χ3n) is 2.54. The summed E-state index contributed by atoms with van der Waals surface area (Å²) in [6.07, 6.45) is 4.79. The quantitative estimate of drug-likeness (QED) is 0.765. The van der Waals surface area contributed by atoms with Gasteiger partial charge in [-0.1, -0.05) is 25.8 Å². The minimum absolute atomic E-state index is 0.100. The number of anilines is 1. The van der Waals surface area contributed by atoms with Crippen molar-refractivity contribution in [1.82, 2.24) is 0 Å². The minimum atomic E-state index is -0.409. The fourth-order valence-corrected chi connectivity index (χ4v) is 1.95. The zero-order chi connectivity index (χ0) is 12.7. The van der Waals surface area contributed by atoms with E-state index in [0.717, 1.165) is 29.8 Å². The number of carbonyl (C=O) groups is 1. The summed E-state index contributed by atoms with van der Waals surface area (Å²) in [5.41, 5.74) is 6.62. The van der Waals surface area contributed by atoms with E-state index in [4.69, 9.17) is 5.73 Å². The van der Waals surface area contributed by atoms with Gasteiger partial charge in [-0.2, -0.15) is 0 Å². The zero-order valence-electron chi connectivity index (χ0n) is 10.4. The third-order valence-corrected chi connectivity index (χ3v) is 3.27. The summed E-state index contributed by atoms with van der Waals surface area (Å²) in [6, 6.07) is 7.36. The molecule has 3 nitrogen and oxygen atoms in total. The van der Waals surface area contributed by atoms with E-state index in [9.17, 15) is 4.79 Å². The van der Waals surface area contributed by atoms with Gasteiger partial charge in [0.1, 0.15) is 0 Å². The first-order valence-electron chi connectivity index (χ1n) is 5.88. The normalized spacial score (nSPS) is 12.2. The Bertz CT molecular complexity index is 368. The molecule has 0 saturated carbocycles. The molecule has 0 aromatic heterocycles. The van der Waals surface area contributed by atoms with Gasteiger partial charge in [0.2, 0.25) is 5.91 Å². The van der Waals surface area contributed by atoms with Crippen LogP contribution in [0.15, 0.2) is 29.2 Å². The van der Waals surface area contributed by atoms with Crippen LogP contribution in [0.5, 0.6) is 0 Å². The molecule has 1 aromatic rings. The highest BCUT2D eigenvalue weighted by Gasteiger charge is 2.12. The van der Waals surface area contributed by atoms with Gasteiger partial charge < -0.3 is 11.1 Å². The van der Waals surface area contributed by atoms with Gasteiger partial charge in [-0.3, -0.25) is 4.79 Å². The molecule has 1 atom stereocenters. The maximum absolute atomic E-state index is 11.8. The molecule has 1 rings (SSSR count). The molecule has 17 heavy (non-hydrogen) atoms. The first-order valence-corrected chi connectivity index (χ1v) is 7.10. The summed E-state index contributed by atoms with van der Waals surface area (Å²) in [5.74, 6) is -0.100. The first-order chi connectivity index (χ1) is 8.17. The van der Waals surface area contributed by atoms with E-state index in [1.165, 1.54) is 0 Å². The molecular formula is C13H20N2OS. The van der Waals surface area contributed by atoms with Gasteiger partial charge in [-0.15, -0.1) is 11.8 Å². The Morgan fingerprint density at radius 2 is 2.29 bits per heavy atom. The van der Waals surface area contributed by atoms with E-state index in [2.05, 4.69) is 12.2 Å². The van der Waals surface area contributed by atoms with Crippen LogP contribution < -0.4 is 11.1 Å². The zero-order valence-corrected chi connectivity index (χ0v) is 11.2. The number of carbonyl (C=O) groups excluding carboxylic acids is 1. The van der Waals surface area contributed by atoms with Crippen LogP contribution in [0.4, 0.5) is 5.69 Å². The topological polar surface area (TPSA) is 55.1 Å². The SMILES string of the molecule is CCCCC(N)C(=O)Nc1cccc(SC)c1. The number of rotatable bonds is 6. The largest absolute Gasteiger partial charge is 0.325 e. The minimum Gasteiger partial charge on any atom is -0.325 e. The Labute approximate surface area is 107 Å². The molecule has 0 aliphatic carbocycles. The van der Waals surface area contributed by atoms with E-state index >= 15 is 0 Å². The predicted molar refractivity (Wildman–Crippen MR) is 74.4 cm³/mol. The average molecular weight is 252 g/mol. The van der Waals surface area contributed by atoms with E-state index in [-0.39, 0.29) is 5.91 Å². The average Bonchev–Trinajstić information content (AvgIpc) is 2.36. The molecule has 4 heteroatoms. The standard InChI is InChI=1S/C13H20N2OS/c1-3-4-8-12(14)13(16)15-10-6-5-7-11(9-10)17-2/h5-7,9,12H,3-4,8,14H2,1-2H3,(H,15,16). The van der Waals surface area contributed by atoms with Crippen LogP contribution in [0, 0.1) is 0 Å². The Hall–Kier alpha value is -1.00. The summed E-state index contributed by atoms with van der Waals surface area (Å²) >= 11 is 1.65. The van der Waals surface area contributed by atoms with Gasteiger partial charge in [-0.05, 0) is 30.9 Å². The summed E-state index contributed by atoms with van der Waals surface area (Å²) in [5, 5.41) is 2.85. The van der Waals surface area contributed by atoms with Gasteiger partial charge in [-0.25, -0.2) is 0 Å². The molecule has 94 valence electrons. The Morgan fingerprint density at radius 3 is 2.94 bits per heavy atom. The van der Waals surface area contributed by atoms with Crippen LogP contribution in [-0.2, 0) is 4.79 Å². The highest BCUT2D eigenvalue weighted by molar-refractivity contribution is 7.98. The summed E-state index contributed by atoms with van der Waals surface area (Å²) in [6.45, 7) is 2.09. The van der Waals surface area contributed by atoms with Crippen molar-refractivity contribution < 1.29 is 4.79 Å². The van der Waals surface area contributed by atoms with Gasteiger partial charge in [0.05, 0.1) is 6.04 Å². The number of nitrogens with one attached hydrogen (secondary N) is 1. The number of hydrogen-bond donors (Lipinski definition) is 2. The molecular weight excluding hydrogens is 232 g/mol. The molecule has 0 heterocycles. The molecule has 0 radical (unpaired) electrons. The number of hydrogen-bond acceptors (Lipinski definition) is 3. The summed E-state index contributed by atoms with van der Waals surface area (Å²) in [4.78, 5) is 12.9. The second-order valence-corrected chi connectivity index (χ2v) is 4.85. The van der Waals surface area contributed by atoms with Crippen molar-refractivity contribution in [1.29, 1.82) is 0 Å². The van der Waals surface area contributed by atoms with Crippen molar-refractivity contribution in [2.24, 2.45) is 5.73 Å². The van der Waals surface area contributed by atoms with Crippen LogP contribution in [-0.4, -0.2) is 18.2 Å². The molecule has 1 aromatic carbocycles. The van der Waals surface area contributed by atoms with Gasteiger partial charge in [0.25, 0.3) is 0 Å². The maximum Gasteiger partial charge on any atom is 0.241 e. The molecule has 0 fully saturated rings. The molecule has 0 spiro atoms. The molecule has 1 amide bonds.